The molecule has 0 spiro atoms. The van der Waals surface area contributed by atoms with Gasteiger partial charge in [-0.15, -0.1) is 0 Å². The lowest BCUT2D eigenvalue weighted by atomic mass is 9.94. The number of hydrogen-bond donors (Lipinski definition) is 1. The molecule has 2 aliphatic heterocycles. The molecular weight excluding hydrogens is 445 g/mol. The Morgan fingerprint density at radius 3 is 2.53 bits per heavy atom. The van der Waals surface area contributed by atoms with Crippen LogP contribution in [0.1, 0.15) is 23.1 Å². The molecule has 2 atom stereocenters. The minimum absolute atomic E-state index is 0.0194. The first kappa shape index (κ1) is 22.6. The molecule has 1 fully saturated rings. The topological polar surface area (TPSA) is 61.7 Å². The van der Waals surface area contributed by atoms with Gasteiger partial charge in [-0.2, -0.15) is 13.2 Å². The lowest BCUT2D eigenvalue weighted by molar-refractivity contribution is -0.138. The Labute approximate surface area is 195 Å². The Balaban J connectivity index is 1.27. The van der Waals surface area contributed by atoms with Crippen LogP contribution in [-0.4, -0.2) is 51.8 Å². The molecule has 3 heterocycles. The zero-order valence-corrected chi connectivity index (χ0v) is 18.4. The van der Waals surface area contributed by atoms with E-state index in [-0.39, 0.29) is 17.7 Å². The first-order chi connectivity index (χ1) is 16.4. The normalized spacial score (nSPS) is 21.2. The molecule has 0 saturated carbocycles. The highest BCUT2D eigenvalue weighted by atomic mass is 19.4. The highest BCUT2D eigenvalue weighted by molar-refractivity contribution is 5.44. The summed E-state index contributed by atoms with van der Waals surface area (Å²) in [6.45, 7) is 2.76. The Hall–Kier alpha value is -3.17. The average Bonchev–Trinajstić information content (AvgIpc) is 2.83. The number of halogens is 3. The highest BCUT2D eigenvalue weighted by Crippen LogP contribution is 2.38. The Morgan fingerprint density at radius 1 is 0.971 bits per heavy atom. The summed E-state index contributed by atoms with van der Waals surface area (Å²) < 4.78 is 45.3. The number of hydrogen-bond acceptors (Lipinski definition) is 6. The Morgan fingerprint density at radius 2 is 1.74 bits per heavy atom. The first-order valence-electron chi connectivity index (χ1n) is 11.3. The molecule has 6 nitrogen and oxygen atoms in total. The van der Waals surface area contributed by atoms with Gasteiger partial charge in [0.1, 0.15) is 17.9 Å². The fourth-order valence-electron chi connectivity index (χ4n) is 4.82. The van der Waals surface area contributed by atoms with E-state index in [4.69, 9.17) is 4.74 Å². The van der Waals surface area contributed by atoms with Gasteiger partial charge in [0.05, 0.1) is 11.7 Å². The third kappa shape index (κ3) is 4.71. The molecule has 1 N–H and O–H groups in total. The molecule has 0 radical (unpaired) electrons. The van der Waals surface area contributed by atoms with Crippen LogP contribution < -0.4 is 9.64 Å². The molecule has 34 heavy (non-hydrogen) atoms. The van der Waals surface area contributed by atoms with Gasteiger partial charge in [-0.25, -0.2) is 9.97 Å². The summed E-state index contributed by atoms with van der Waals surface area (Å²) in [5.74, 6) is 0.214. The summed E-state index contributed by atoms with van der Waals surface area (Å²) in [6, 6.07) is 15.0. The second-order valence-corrected chi connectivity index (χ2v) is 8.67. The smallest absolute Gasteiger partial charge is 0.419 e. The van der Waals surface area contributed by atoms with Crippen molar-refractivity contribution >= 4 is 5.82 Å². The maximum absolute atomic E-state index is 13.3. The SMILES string of the molecule is O[C@H]1CN(c2cc(Oc3ccccc3C(F)(F)F)ncn2)CC[C@@H]1N1CCc2ccccc2C1. The molecule has 0 unspecified atom stereocenters. The predicted molar refractivity (Wildman–Crippen MR) is 121 cm³/mol. The second-order valence-electron chi connectivity index (χ2n) is 8.67. The summed E-state index contributed by atoms with van der Waals surface area (Å²) in [6.07, 6.45) is -2.13. The van der Waals surface area contributed by atoms with Crippen LogP contribution in [-0.2, 0) is 19.1 Å². The number of fused-ring (bicyclic) bond motifs is 1. The van der Waals surface area contributed by atoms with Crippen LogP contribution in [0.3, 0.4) is 0 Å². The number of para-hydroxylation sites is 1. The van der Waals surface area contributed by atoms with Gasteiger partial charge in [-0.1, -0.05) is 36.4 Å². The molecule has 5 rings (SSSR count). The minimum Gasteiger partial charge on any atom is -0.438 e. The fraction of sp³-hybridized carbons (Fsp3) is 0.360. The molecule has 0 aliphatic carbocycles. The van der Waals surface area contributed by atoms with Crippen LogP contribution in [0.5, 0.6) is 11.6 Å². The number of anilines is 1. The van der Waals surface area contributed by atoms with Crippen LogP contribution in [0, 0.1) is 0 Å². The van der Waals surface area contributed by atoms with Crippen molar-refractivity contribution in [1.82, 2.24) is 14.9 Å². The maximum Gasteiger partial charge on any atom is 0.419 e. The van der Waals surface area contributed by atoms with Crippen LogP contribution in [0.25, 0.3) is 0 Å². The monoisotopic (exact) mass is 470 g/mol. The van der Waals surface area contributed by atoms with E-state index in [0.29, 0.717) is 18.9 Å². The summed E-state index contributed by atoms with van der Waals surface area (Å²) >= 11 is 0. The van der Waals surface area contributed by atoms with Crippen molar-refractivity contribution in [2.24, 2.45) is 0 Å². The summed E-state index contributed by atoms with van der Waals surface area (Å²) in [5, 5.41) is 10.9. The van der Waals surface area contributed by atoms with Gasteiger partial charge in [0.15, 0.2) is 0 Å². The molecular formula is C25H25F3N4O2. The van der Waals surface area contributed by atoms with Crippen molar-refractivity contribution in [2.75, 3.05) is 24.5 Å². The molecule has 1 saturated heterocycles. The zero-order chi connectivity index (χ0) is 23.7. The maximum atomic E-state index is 13.3. The number of aliphatic hydroxyl groups excluding tert-OH is 1. The van der Waals surface area contributed by atoms with E-state index in [9.17, 15) is 18.3 Å². The van der Waals surface area contributed by atoms with Crippen LogP contribution in [0.15, 0.2) is 60.9 Å². The Bertz CT molecular complexity index is 1160. The van der Waals surface area contributed by atoms with Crippen molar-refractivity contribution in [1.29, 1.82) is 0 Å². The van der Waals surface area contributed by atoms with Crippen LogP contribution in [0.2, 0.25) is 0 Å². The van der Waals surface area contributed by atoms with Gasteiger partial charge in [-0.3, -0.25) is 4.90 Å². The number of nitrogens with zero attached hydrogens (tertiary/aromatic N) is 4. The van der Waals surface area contributed by atoms with Gasteiger partial charge < -0.3 is 14.7 Å². The fourth-order valence-corrected chi connectivity index (χ4v) is 4.82. The number of aromatic nitrogens is 2. The molecule has 9 heteroatoms. The first-order valence-corrected chi connectivity index (χ1v) is 11.3. The van der Waals surface area contributed by atoms with Crippen molar-refractivity contribution in [2.45, 2.75) is 37.7 Å². The van der Waals surface area contributed by atoms with Crippen molar-refractivity contribution in [3.05, 3.63) is 77.6 Å². The van der Waals surface area contributed by atoms with Crippen LogP contribution >= 0.6 is 0 Å². The van der Waals surface area contributed by atoms with E-state index >= 15 is 0 Å². The second kappa shape index (κ2) is 9.23. The molecule has 3 aromatic rings. The molecule has 2 aliphatic rings. The van der Waals surface area contributed by atoms with Gasteiger partial charge in [-0.05, 0) is 36.1 Å². The van der Waals surface area contributed by atoms with Crippen LogP contribution in [0.4, 0.5) is 19.0 Å². The largest absolute Gasteiger partial charge is 0.438 e. The standard InChI is InChI=1S/C25H25F3N4O2/c26-25(27,28)19-7-3-4-8-22(19)34-24-13-23(29-16-30-24)32-12-10-20(21(33)15-32)31-11-9-17-5-1-2-6-18(17)14-31/h1-8,13,16,20-21,33H,9-12,14-15H2/t20-,21-/m0/s1. The number of aliphatic hydroxyl groups is 1. The third-order valence-electron chi connectivity index (χ3n) is 6.53. The number of ether oxygens (including phenoxy) is 1. The number of β-amino-alcohol motifs (C(OH)–C–C–N with tert-alkyl or cyclic N) is 1. The lowest BCUT2D eigenvalue weighted by Gasteiger charge is -2.43. The molecule has 178 valence electrons. The van der Waals surface area contributed by atoms with E-state index in [2.05, 4.69) is 33.1 Å². The average molecular weight is 470 g/mol. The molecule has 1 aromatic heterocycles. The van der Waals surface area contributed by atoms with E-state index in [1.165, 1.54) is 41.7 Å². The van der Waals surface area contributed by atoms with Gasteiger partial charge in [0.25, 0.3) is 0 Å². The number of piperidine rings is 1. The zero-order valence-electron chi connectivity index (χ0n) is 18.4. The summed E-state index contributed by atoms with van der Waals surface area (Å²) in [5.41, 5.74) is 1.81. The molecule has 0 bridgehead atoms. The molecule has 0 amide bonds. The van der Waals surface area contributed by atoms with E-state index < -0.39 is 17.8 Å². The van der Waals surface area contributed by atoms with Gasteiger partial charge in [0, 0.05) is 38.3 Å². The number of benzene rings is 2. The highest BCUT2D eigenvalue weighted by Gasteiger charge is 2.35. The van der Waals surface area contributed by atoms with E-state index in [1.54, 1.807) is 0 Å². The van der Waals surface area contributed by atoms with Crippen molar-refractivity contribution in [3.63, 3.8) is 0 Å². The van der Waals surface area contributed by atoms with Crippen molar-refractivity contribution in [3.8, 4) is 11.6 Å². The lowest BCUT2D eigenvalue weighted by Crippen LogP contribution is -2.55. The summed E-state index contributed by atoms with van der Waals surface area (Å²) in [4.78, 5) is 12.5. The van der Waals surface area contributed by atoms with Gasteiger partial charge >= 0.3 is 6.18 Å². The third-order valence-corrected chi connectivity index (χ3v) is 6.53. The minimum atomic E-state index is -4.53. The van der Waals surface area contributed by atoms with E-state index in [0.717, 1.165) is 32.0 Å². The molecule has 2 aromatic carbocycles. The van der Waals surface area contributed by atoms with E-state index in [1.807, 2.05) is 11.0 Å². The Kier molecular flexibility index (Phi) is 6.14. The quantitative estimate of drug-likeness (QED) is 0.614. The number of rotatable bonds is 4. The predicted octanol–water partition coefficient (Wildman–Crippen LogP) is 4.29. The van der Waals surface area contributed by atoms with Gasteiger partial charge in [0.2, 0.25) is 5.88 Å². The number of alkyl halides is 3. The summed E-state index contributed by atoms with van der Waals surface area (Å²) in [7, 11) is 0. The van der Waals surface area contributed by atoms with Crippen molar-refractivity contribution < 1.29 is 23.0 Å².